The number of rotatable bonds is 10. The zero-order valence-corrected chi connectivity index (χ0v) is 24.6. The lowest BCUT2D eigenvalue weighted by atomic mass is 9.93. The average molecular weight is 615 g/mol. The first-order valence-corrected chi connectivity index (χ1v) is 14.8. The first kappa shape index (κ1) is 30.4. The number of ether oxygens (including phenoxy) is 1. The molecule has 6 N–H and O–H groups in total. The van der Waals surface area contributed by atoms with E-state index in [1.165, 1.54) is 23.5 Å². The largest absolute Gasteiger partial charge is 0.493 e. The summed E-state index contributed by atoms with van der Waals surface area (Å²) >= 11 is 1.50. The number of fused-ring (bicyclic) bond motifs is 3. The highest BCUT2D eigenvalue weighted by molar-refractivity contribution is 7.13. The summed E-state index contributed by atoms with van der Waals surface area (Å²) in [5, 5.41) is 27.1. The highest BCUT2D eigenvalue weighted by Crippen LogP contribution is 2.43. The third-order valence-electron chi connectivity index (χ3n) is 7.14. The van der Waals surface area contributed by atoms with Crippen LogP contribution in [-0.2, 0) is 24.2 Å². The maximum Gasteiger partial charge on any atom is 0.355 e. The van der Waals surface area contributed by atoms with Crippen LogP contribution in [0.2, 0.25) is 0 Å². The number of hydrogen-bond acceptors (Lipinski definition) is 8. The van der Waals surface area contributed by atoms with E-state index in [4.69, 9.17) is 10.5 Å². The SMILES string of the molecule is CCCNC(=O)c1ccc(-c2cc3c(cc2C(=O)Nc2ccc(CN)cc2CC(=O)O)-c2sccc2CCO3)c(C(=O)O)n1. The standard InChI is InChI=1S/C32H30N4O7S/c1-2-9-34-31(40)25-6-4-20(28(35-25)32(41)42)21-15-26-23(29-18(7-10-43-26)8-11-44-29)14-22(21)30(39)36-24-5-3-17(16-33)12-19(24)13-27(37)38/h3-6,8,11-12,14-15H,2,7,9-10,13,16,33H2,1H3,(H,34,40)(H,36,39)(H,37,38)(H,41,42). The number of carbonyl (C=O) groups excluding carboxylic acids is 2. The van der Waals surface area contributed by atoms with E-state index in [0.29, 0.717) is 48.4 Å². The monoisotopic (exact) mass is 614 g/mol. The van der Waals surface area contributed by atoms with E-state index in [2.05, 4.69) is 15.6 Å². The minimum absolute atomic E-state index is 0.0712. The second-order valence-electron chi connectivity index (χ2n) is 10.1. The fraction of sp³-hybridized carbons (Fsp3) is 0.219. The molecule has 1 aliphatic heterocycles. The van der Waals surface area contributed by atoms with Gasteiger partial charge in [-0.1, -0.05) is 19.1 Å². The summed E-state index contributed by atoms with van der Waals surface area (Å²) in [7, 11) is 0. The molecule has 0 aliphatic carbocycles. The van der Waals surface area contributed by atoms with Gasteiger partial charge in [0, 0.05) is 52.3 Å². The Kier molecular flexibility index (Phi) is 9.02. The molecule has 5 rings (SSSR count). The first-order chi connectivity index (χ1) is 21.2. The van der Waals surface area contributed by atoms with Crippen molar-refractivity contribution in [3.63, 3.8) is 0 Å². The molecule has 0 fully saturated rings. The number of nitrogens with zero attached hydrogens (tertiary/aromatic N) is 1. The molecule has 0 unspecified atom stereocenters. The predicted octanol–water partition coefficient (Wildman–Crippen LogP) is 4.59. The van der Waals surface area contributed by atoms with Gasteiger partial charge in [0.05, 0.1) is 13.0 Å². The van der Waals surface area contributed by atoms with Crippen molar-refractivity contribution in [3.05, 3.63) is 87.6 Å². The lowest BCUT2D eigenvalue weighted by Crippen LogP contribution is -2.25. The Hall–Kier alpha value is -5.07. The van der Waals surface area contributed by atoms with Gasteiger partial charge in [0.25, 0.3) is 11.8 Å². The normalized spacial score (nSPS) is 11.9. The fourth-order valence-corrected chi connectivity index (χ4v) is 5.99. The lowest BCUT2D eigenvalue weighted by molar-refractivity contribution is -0.136. The van der Waals surface area contributed by atoms with Crippen molar-refractivity contribution in [2.24, 2.45) is 5.73 Å². The maximum atomic E-state index is 14.0. The zero-order valence-electron chi connectivity index (χ0n) is 23.8. The maximum absolute atomic E-state index is 14.0. The highest BCUT2D eigenvalue weighted by Gasteiger charge is 2.27. The molecule has 2 aromatic carbocycles. The summed E-state index contributed by atoms with van der Waals surface area (Å²) in [5.74, 6) is -3.10. The van der Waals surface area contributed by atoms with E-state index in [0.717, 1.165) is 10.4 Å². The minimum atomic E-state index is -1.38. The van der Waals surface area contributed by atoms with Gasteiger partial charge in [0.1, 0.15) is 11.4 Å². The molecule has 2 aromatic heterocycles. The average Bonchev–Trinajstić information content (AvgIpc) is 3.41. The smallest absolute Gasteiger partial charge is 0.355 e. The van der Waals surface area contributed by atoms with Gasteiger partial charge in [0.15, 0.2) is 5.69 Å². The number of hydrogen-bond donors (Lipinski definition) is 5. The summed E-state index contributed by atoms with van der Waals surface area (Å²) in [6.45, 7) is 2.87. The van der Waals surface area contributed by atoms with Crippen molar-refractivity contribution in [1.29, 1.82) is 0 Å². The van der Waals surface area contributed by atoms with Crippen molar-refractivity contribution in [2.75, 3.05) is 18.5 Å². The third-order valence-corrected chi connectivity index (χ3v) is 8.13. The van der Waals surface area contributed by atoms with E-state index >= 15 is 0 Å². The number of pyridine rings is 1. The number of aromatic nitrogens is 1. The number of thiophene rings is 1. The van der Waals surface area contributed by atoms with Crippen LogP contribution in [0.4, 0.5) is 5.69 Å². The van der Waals surface area contributed by atoms with Crippen LogP contribution in [0.25, 0.3) is 21.6 Å². The van der Waals surface area contributed by atoms with Crippen LogP contribution in [-0.4, -0.2) is 52.1 Å². The summed E-state index contributed by atoms with van der Waals surface area (Å²) in [5.41, 5.74) is 8.80. The van der Waals surface area contributed by atoms with Gasteiger partial charge in [0.2, 0.25) is 0 Å². The number of benzene rings is 2. The number of amides is 2. The molecule has 0 saturated carbocycles. The van der Waals surface area contributed by atoms with Crippen molar-refractivity contribution in [3.8, 4) is 27.3 Å². The number of nitrogens with two attached hydrogens (primary N) is 1. The summed E-state index contributed by atoms with van der Waals surface area (Å²) in [4.78, 5) is 55.7. The molecule has 4 aromatic rings. The quantitative estimate of drug-likeness (QED) is 0.171. The van der Waals surface area contributed by atoms with Gasteiger partial charge in [-0.25, -0.2) is 9.78 Å². The highest BCUT2D eigenvalue weighted by atomic mass is 32.1. The molecule has 2 amide bonds. The number of aliphatic carboxylic acids is 1. The number of carbonyl (C=O) groups is 4. The Morgan fingerprint density at radius 3 is 2.55 bits per heavy atom. The van der Waals surface area contributed by atoms with Crippen molar-refractivity contribution in [2.45, 2.75) is 32.7 Å². The molecule has 11 nitrogen and oxygen atoms in total. The first-order valence-electron chi connectivity index (χ1n) is 14.0. The van der Waals surface area contributed by atoms with Crippen LogP contribution in [0, 0.1) is 0 Å². The van der Waals surface area contributed by atoms with Crippen LogP contribution in [0.15, 0.2) is 53.9 Å². The van der Waals surface area contributed by atoms with Gasteiger partial charge in [-0.05, 0) is 64.9 Å². The Morgan fingerprint density at radius 2 is 1.82 bits per heavy atom. The molecular weight excluding hydrogens is 584 g/mol. The molecule has 44 heavy (non-hydrogen) atoms. The number of carboxylic acid groups (broad SMARTS) is 2. The Labute approximate surface area is 256 Å². The molecule has 1 aliphatic rings. The zero-order chi connectivity index (χ0) is 31.4. The van der Waals surface area contributed by atoms with E-state index in [-0.39, 0.29) is 41.0 Å². The van der Waals surface area contributed by atoms with E-state index in [1.807, 2.05) is 18.4 Å². The van der Waals surface area contributed by atoms with Gasteiger partial charge >= 0.3 is 11.9 Å². The number of carboxylic acids is 2. The second kappa shape index (κ2) is 13.1. The minimum Gasteiger partial charge on any atom is -0.493 e. The van der Waals surface area contributed by atoms with Crippen LogP contribution in [0.1, 0.15) is 61.4 Å². The summed E-state index contributed by atoms with van der Waals surface area (Å²) in [6.07, 6.45) is 1.000. The second-order valence-corrected chi connectivity index (χ2v) is 11.1. The van der Waals surface area contributed by atoms with Crippen molar-refractivity contribution in [1.82, 2.24) is 10.3 Å². The van der Waals surface area contributed by atoms with Gasteiger partial charge in [-0.15, -0.1) is 11.3 Å². The number of aromatic carboxylic acids is 1. The predicted molar refractivity (Wildman–Crippen MR) is 165 cm³/mol. The molecule has 0 spiro atoms. The molecule has 12 heteroatoms. The van der Waals surface area contributed by atoms with Crippen LogP contribution >= 0.6 is 11.3 Å². The lowest BCUT2D eigenvalue weighted by Gasteiger charge is -2.18. The molecule has 0 bridgehead atoms. The van der Waals surface area contributed by atoms with Crippen LogP contribution < -0.4 is 21.1 Å². The Bertz CT molecular complexity index is 1780. The molecule has 0 atom stereocenters. The van der Waals surface area contributed by atoms with Crippen LogP contribution in [0.5, 0.6) is 5.75 Å². The van der Waals surface area contributed by atoms with Gasteiger partial charge in [-0.2, -0.15) is 0 Å². The summed E-state index contributed by atoms with van der Waals surface area (Å²) in [6, 6.07) is 13.0. The van der Waals surface area contributed by atoms with Crippen molar-refractivity contribution < 1.29 is 34.1 Å². The Morgan fingerprint density at radius 1 is 1.00 bits per heavy atom. The van der Waals surface area contributed by atoms with Crippen molar-refractivity contribution >= 4 is 40.8 Å². The third kappa shape index (κ3) is 6.31. The fourth-order valence-electron chi connectivity index (χ4n) is 5.02. The molecule has 0 saturated heterocycles. The molecule has 226 valence electrons. The van der Waals surface area contributed by atoms with Crippen LogP contribution in [0.3, 0.4) is 0 Å². The topological polar surface area (TPSA) is 181 Å². The molecular formula is C32H30N4O7S. The number of anilines is 1. The van der Waals surface area contributed by atoms with E-state index in [1.54, 1.807) is 30.3 Å². The number of nitrogens with one attached hydrogen (secondary N) is 2. The van der Waals surface area contributed by atoms with E-state index < -0.39 is 29.4 Å². The molecule has 0 radical (unpaired) electrons. The Balaban J connectivity index is 1.67. The summed E-state index contributed by atoms with van der Waals surface area (Å²) < 4.78 is 6.07. The van der Waals surface area contributed by atoms with E-state index in [9.17, 15) is 29.4 Å². The van der Waals surface area contributed by atoms with Gasteiger partial charge < -0.3 is 31.3 Å². The van der Waals surface area contributed by atoms with Gasteiger partial charge in [-0.3, -0.25) is 14.4 Å². The molecule has 3 heterocycles.